The van der Waals surface area contributed by atoms with Crippen LogP contribution in [0.25, 0.3) is 16.0 Å². The molecule has 33 heavy (non-hydrogen) atoms. The van der Waals surface area contributed by atoms with E-state index in [2.05, 4.69) is 38.0 Å². The van der Waals surface area contributed by atoms with Crippen molar-refractivity contribution in [2.24, 2.45) is 0 Å². The molecule has 1 atom stereocenters. The summed E-state index contributed by atoms with van der Waals surface area (Å²) in [5.41, 5.74) is 4.75. The van der Waals surface area contributed by atoms with Crippen LogP contribution in [0.4, 0.5) is 0 Å². The first-order valence-corrected chi connectivity index (χ1v) is 11.8. The number of aromatic amines is 1. The summed E-state index contributed by atoms with van der Waals surface area (Å²) < 4.78 is 1.59. The highest BCUT2D eigenvalue weighted by Crippen LogP contribution is 2.37. The fraction of sp³-hybridized carbons (Fsp3) is 0.208. The number of amides is 1. The zero-order valence-electron chi connectivity index (χ0n) is 17.7. The van der Waals surface area contributed by atoms with Crippen LogP contribution in [0.2, 0.25) is 0 Å². The van der Waals surface area contributed by atoms with Crippen molar-refractivity contribution in [1.29, 1.82) is 0 Å². The maximum atomic E-state index is 13.7. The highest BCUT2D eigenvalue weighted by Gasteiger charge is 2.30. The molecule has 3 heterocycles. The number of aromatic nitrogens is 6. The minimum Gasteiger partial charge on any atom is -0.342 e. The van der Waals surface area contributed by atoms with Gasteiger partial charge >= 0.3 is 0 Å². The molecule has 1 aliphatic carbocycles. The predicted molar refractivity (Wildman–Crippen MR) is 126 cm³/mol. The lowest BCUT2D eigenvalue weighted by molar-refractivity contribution is 0.0934. The molecule has 1 amide bonds. The van der Waals surface area contributed by atoms with E-state index in [4.69, 9.17) is 4.98 Å². The fourth-order valence-corrected chi connectivity index (χ4v) is 5.78. The van der Waals surface area contributed by atoms with E-state index in [-0.39, 0.29) is 11.9 Å². The zero-order valence-corrected chi connectivity index (χ0v) is 18.5. The van der Waals surface area contributed by atoms with Crippen LogP contribution in [0.1, 0.15) is 44.6 Å². The van der Waals surface area contributed by atoms with Crippen molar-refractivity contribution in [2.75, 3.05) is 0 Å². The average Bonchev–Trinajstić information content (AvgIpc) is 3.62. The molecule has 5 aromatic rings. The Morgan fingerprint density at radius 2 is 1.97 bits per heavy atom. The van der Waals surface area contributed by atoms with Crippen molar-refractivity contribution in [3.05, 3.63) is 88.3 Å². The number of benzene rings is 2. The number of thiophene rings is 1. The molecule has 0 saturated heterocycles. The number of para-hydroxylation sites is 2. The van der Waals surface area contributed by atoms with Gasteiger partial charge in [-0.2, -0.15) is 4.68 Å². The Kier molecular flexibility index (Phi) is 4.95. The Hall–Kier alpha value is -3.85. The Morgan fingerprint density at radius 3 is 2.79 bits per heavy atom. The van der Waals surface area contributed by atoms with Crippen LogP contribution in [0.15, 0.2) is 60.9 Å². The number of imidazole rings is 1. The second-order valence-corrected chi connectivity index (χ2v) is 9.23. The quantitative estimate of drug-likeness (QED) is 0.406. The van der Waals surface area contributed by atoms with Crippen molar-refractivity contribution in [1.82, 2.24) is 35.5 Å². The van der Waals surface area contributed by atoms with Crippen LogP contribution < -0.4 is 5.32 Å². The monoisotopic (exact) mass is 455 g/mol. The average molecular weight is 456 g/mol. The van der Waals surface area contributed by atoms with Gasteiger partial charge in [-0.05, 0) is 59.4 Å². The van der Waals surface area contributed by atoms with E-state index in [1.165, 1.54) is 4.88 Å². The predicted octanol–water partition coefficient (Wildman–Crippen LogP) is 3.80. The van der Waals surface area contributed by atoms with Crippen LogP contribution in [0, 0.1) is 0 Å². The van der Waals surface area contributed by atoms with Gasteiger partial charge in [0, 0.05) is 4.88 Å². The highest BCUT2D eigenvalue weighted by atomic mass is 32.1. The highest BCUT2D eigenvalue weighted by molar-refractivity contribution is 7.15. The SMILES string of the molecule is O=C(NC(Cc1ccccc1)c1nc2ccccc2[nH]1)c1c(-n2cnnn2)sc2c1CCC2. The first-order chi connectivity index (χ1) is 16.3. The minimum absolute atomic E-state index is 0.124. The molecular formula is C24H21N7OS. The molecular weight excluding hydrogens is 434 g/mol. The fourth-order valence-electron chi connectivity index (χ4n) is 4.47. The van der Waals surface area contributed by atoms with Crippen LogP contribution in [-0.4, -0.2) is 36.1 Å². The Bertz CT molecular complexity index is 1390. The second kappa shape index (κ2) is 8.25. The lowest BCUT2D eigenvalue weighted by Crippen LogP contribution is -2.31. The number of fused-ring (bicyclic) bond motifs is 2. The van der Waals surface area contributed by atoms with Gasteiger partial charge in [-0.25, -0.2) is 4.98 Å². The van der Waals surface area contributed by atoms with Crippen LogP contribution in [0.5, 0.6) is 0 Å². The minimum atomic E-state index is -0.314. The normalized spacial score (nSPS) is 13.8. The summed E-state index contributed by atoms with van der Waals surface area (Å²) in [5, 5.41) is 15.6. The Morgan fingerprint density at radius 1 is 1.12 bits per heavy atom. The number of hydrogen-bond donors (Lipinski definition) is 2. The number of nitrogens with zero attached hydrogens (tertiary/aromatic N) is 5. The standard InChI is InChI=1S/C24H21N7OS/c32-23(21-16-9-6-12-20(16)33-24(21)31-14-25-29-30-31)28-19(13-15-7-2-1-3-8-15)22-26-17-10-4-5-11-18(17)27-22/h1-5,7-8,10-11,14,19H,6,9,12-13H2,(H,26,27)(H,28,32). The van der Waals surface area contributed by atoms with Gasteiger partial charge in [0.1, 0.15) is 17.2 Å². The Balaban J connectivity index is 1.38. The Labute approximate surface area is 193 Å². The number of hydrogen-bond acceptors (Lipinski definition) is 6. The molecule has 0 aliphatic heterocycles. The molecule has 1 aliphatic rings. The molecule has 0 fully saturated rings. The largest absolute Gasteiger partial charge is 0.342 e. The van der Waals surface area contributed by atoms with Gasteiger partial charge in [-0.3, -0.25) is 4.79 Å². The summed E-state index contributed by atoms with van der Waals surface area (Å²) in [6.45, 7) is 0. The van der Waals surface area contributed by atoms with Crippen LogP contribution in [-0.2, 0) is 19.3 Å². The molecule has 0 saturated carbocycles. The third-order valence-electron chi connectivity index (χ3n) is 6.01. The summed E-state index contributed by atoms with van der Waals surface area (Å²) in [6, 6.07) is 17.7. The first-order valence-electron chi connectivity index (χ1n) is 10.9. The molecule has 2 N–H and O–H groups in total. The molecule has 6 rings (SSSR count). The molecule has 0 bridgehead atoms. The van der Waals surface area contributed by atoms with E-state index < -0.39 is 0 Å². The van der Waals surface area contributed by atoms with Crippen molar-refractivity contribution >= 4 is 28.3 Å². The number of H-pyrrole nitrogens is 1. The van der Waals surface area contributed by atoms with E-state index in [1.54, 1.807) is 22.3 Å². The van der Waals surface area contributed by atoms with E-state index in [0.717, 1.165) is 52.2 Å². The van der Waals surface area contributed by atoms with E-state index in [1.807, 2.05) is 42.5 Å². The maximum absolute atomic E-state index is 13.7. The van der Waals surface area contributed by atoms with Crippen LogP contribution >= 0.6 is 11.3 Å². The molecule has 0 spiro atoms. The van der Waals surface area contributed by atoms with Crippen LogP contribution in [0.3, 0.4) is 0 Å². The summed E-state index contributed by atoms with van der Waals surface area (Å²) in [5.74, 6) is 0.616. The number of aryl methyl sites for hydroxylation is 1. The van der Waals surface area contributed by atoms with Gasteiger partial charge in [0.25, 0.3) is 5.91 Å². The summed E-state index contributed by atoms with van der Waals surface area (Å²) >= 11 is 1.60. The first kappa shape index (κ1) is 19.8. The van der Waals surface area contributed by atoms with E-state index in [0.29, 0.717) is 12.0 Å². The smallest absolute Gasteiger partial charge is 0.255 e. The number of rotatable bonds is 6. The van der Waals surface area contributed by atoms with Crippen molar-refractivity contribution in [3.63, 3.8) is 0 Å². The third-order valence-corrected chi connectivity index (χ3v) is 7.29. The van der Waals surface area contributed by atoms with Crippen molar-refractivity contribution in [3.8, 4) is 5.00 Å². The number of nitrogens with one attached hydrogen (secondary N) is 2. The lowest BCUT2D eigenvalue weighted by Gasteiger charge is -2.18. The molecule has 164 valence electrons. The van der Waals surface area contributed by atoms with Crippen molar-refractivity contribution < 1.29 is 4.79 Å². The zero-order chi connectivity index (χ0) is 22.2. The molecule has 3 aromatic heterocycles. The number of tetrazole rings is 1. The lowest BCUT2D eigenvalue weighted by atomic mass is 10.0. The van der Waals surface area contributed by atoms with E-state index >= 15 is 0 Å². The van der Waals surface area contributed by atoms with Gasteiger partial charge in [0.2, 0.25) is 0 Å². The maximum Gasteiger partial charge on any atom is 0.255 e. The van der Waals surface area contributed by atoms with Gasteiger partial charge < -0.3 is 10.3 Å². The van der Waals surface area contributed by atoms with Gasteiger partial charge in [-0.15, -0.1) is 16.4 Å². The molecule has 2 aromatic carbocycles. The van der Waals surface area contributed by atoms with Crippen molar-refractivity contribution in [2.45, 2.75) is 31.7 Å². The molecule has 9 heteroatoms. The van der Waals surface area contributed by atoms with Gasteiger partial charge in [0.05, 0.1) is 22.6 Å². The summed E-state index contributed by atoms with van der Waals surface area (Å²) in [7, 11) is 0. The topological polar surface area (TPSA) is 101 Å². The molecule has 8 nitrogen and oxygen atoms in total. The third kappa shape index (κ3) is 3.70. The van der Waals surface area contributed by atoms with E-state index in [9.17, 15) is 4.79 Å². The summed E-state index contributed by atoms with van der Waals surface area (Å²) in [4.78, 5) is 23.2. The van der Waals surface area contributed by atoms with Gasteiger partial charge in [0.15, 0.2) is 0 Å². The summed E-state index contributed by atoms with van der Waals surface area (Å²) in [6.07, 6.45) is 5.11. The number of carbonyl (C=O) groups is 1. The number of carbonyl (C=O) groups excluding carboxylic acids is 1. The molecule has 0 radical (unpaired) electrons. The van der Waals surface area contributed by atoms with Gasteiger partial charge in [-0.1, -0.05) is 42.5 Å². The molecule has 1 unspecified atom stereocenters. The second-order valence-electron chi connectivity index (χ2n) is 8.15.